The molecule has 74 valence electrons. The van der Waals surface area contributed by atoms with E-state index in [0.717, 1.165) is 6.42 Å². The van der Waals surface area contributed by atoms with E-state index in [2.05, 4.69) is 0 Å². The molecule has 0 spiro atoms. The molecule has 0 radical (unpaired) electrons. The Bertz CT molecular complexity index is 105. The molecule has 0 aromatic rings. The van der Waals surface area contributed by atoms with Crippen LogP contribution in [0.5, 0.6) is 0 Å². The van der Waals surface area contributed by atoms with Crippen LogP contribution in [0.25, 0.3) is 0 Å². The maximum Gasteiger partial charge on any atom is 0.152 e. The van der Waals surface area contributed by atoms with E-state index in [9.17, 15) is 0 Å². The first-order chi connectivity index (χ1) is 5.74. The molecule has 3 atom stereocenters. The van der Waals surface area contributed by atoms with Gasteiger partial charge < -0.3 is 19.9 Å². The van der Waals surface area contributed by atoms with Crippen LogP contribution < -0.4 is 5.73 Å². The highest BCUT2D eigenvalue weighted by molar-refractivity contribution is 7.24. The third-order valence-corrected chi connectivity index (χ3v) is 1.89. The molecule has 0 amide bonds. The fourth-order valence-corrected chi connectivity index (χ4v) is 0.978. The fraction of sp³-hybridized carbons (Fsp3) is 1.00. The van der Waals surface area contributed by atoms with Crippen molar-refractivity contribution in [3.8, 4) is 0 Å². The van der Waals surface area contributed by atoms with E-state index in [4.69, 9.17) is 19.9 Å². The molecule has 0 saturated heterocycles. The van der Waals surface area contributed by atoms with Crippen LogP contribution in [-0.4, -0.2) is 30.3 Å². The van der Waals surface area contributed by atoms with E-state index < -0.39 is 9.03 Å². The Morgan fingerprint density at radius 3 is 2.67 bits per heavy atom. The van der Waals surface area contributed by atoms with Crippen molar-refractivity contribution < 1.29 is 14.2 Å². The predicted octanol–water partition coefficient (Wildman–Crippen LogP) is 0.646. The van der Waals surface area contributed by atoms with Crippen molar-refractivity contribution in [3.05, 3.63) is 0 Å². The Hall–Kier alpha value is 0.270. The summed E-state index contributed by atoms with van der Waals surface area (Å²) in [5, 5.41) is 0. The summed E-state index contributed by atoms with van der Waals surface area (Å²) in [6.07, 6.45) is 1.06. The van der Waals surface area contributed by atoms with Crippen LogP contribution in [0.3, 0.4) is 0 Å². The predicted molar refractivity (Wildman–Crippen MR) is 50.2 cm³/mol. The number of rotatable bonds is 7. The second-order valence-corrected chi connectivity index (χ2v) is 3.09. The Kier molecular flexibility index (Phi) is 8.07. The molecule has 3 N–H and O–H groups in total. The van der Waals surface area contributed by atoms with Crippen molar-refractivity contribution in [1.29, 1.82) is 0 Å². The first kappa shape index (κ1) is 12.3. The van der Waals surface area contributed by atoms with Crippen LogP contribution in [0.2, 0.25) is 0 Å². The van der Waals surface area contributed by atoms with Gasteiger partial charge in [0.2, 0.25) is 0 Å². The molecule has 5 heteroatoms. The SMILES string of the molecule is CC[C@H](C)O[C@@H](CN)COPO. The van der Waals surface area contributed by atoms with Crippen LogP contribution in [0, 0.1) is 0 Å². The van der Waals surface area contributed by atoms with Gasteiger partial charge in [0.05, 0.1) is 18.8 Å². The van der Waals surface area contributed by atoms with Crippen LogP contribution in [0.15, 0.2) is 0 Å². The molecule has 0 bridgehead atoms. The topological polar surface area (TPSA) is 64.7 Å². The third-order valence-electron chi connectivity index (χ3n) is 1.60. The molecule has 0 saturated carbocycles. The number of hydrogen-bond acceptors (Lipinski definition) is 4. The summed E-state index contributed by atoms with van der Waals surface area (Å²) in [4.78, 5) is 8.41. The summed E-state index contributed by atoms with van der Waals surface area (Å²) in [5.74, 6) is 0. The van der Waals surface area contributed by atoms with E-state index >= 15 is 0 Å². The van der Waals surface area contributed by atoms with Crippen molar-refractivity contribution in [3.63, 3.8) is 0 Å². The summed E-state index contributed by atoms with van der Waals surface area (Å²) in [6, 6.07) is 0. The molecule has 0 aliphatic rings. The van der Waals surface area contributed by atoms with Crippen LogP contribution in [-0.2, 0) is 9.26 Å². The first-order valence-corrected chi connectivity index (χ1v) is 4.96. The third kappa shape index (κ3) is 5.86. The molecule has 0 aliphatic carbocycles. The van der Waals surface area contributed by atoms with Gasteiger partial charge in [-0.05, 0) is 13.3 Å². The van der Waals surface area contributed by atoms with Gasteiger partial charge in [0.1, 0.15) is 0 Å². The molecule has 0 aliphatic heterocycles. The van der Waals surface area contributed by atoms with E-state index in [1.54, 1.807) is 0 Å². The minimum absolute atomic E-state index is 0.0976. The molecule has 0 rings (SSSR count). The summed E-state index contributed by atoms with van der Waals surface area (Å²) in [7, 11) is -0.485. The lowest BCUT2D eigenvalue weighted by atomic mass is 10.3. The molecule has 0 heterocycles. The maximum atomic E-state index is 8.41. The molecular weight excluding hydrogens is 177 g/mol. The van der Waals surface area contributed by atoms with Crippen LogP contribution in [0.1, 0.15) is 20.3 Å². The molecular formula is C7H18NO3P. The van der Waals surface area contributed by atoms with Crippen LogP contribution >= 0.6 is 9.03 Å². The summed E-state index contributed by atoms with van der Waals surface area (Å²) >= 11 is 0. The zero-order chi connectivity index (χ0) is 9.40. The molecule has 0 aromatic heterocycles. The zero-order valence-electron chi connectivity index (χ0n) is 7.62. The van der Waals surface area contributed by atoms with Gasteiger partial charge in [-0.1, -0.05) is 6.92 Å². The van der Waals surface area contributed by atoms with Crippen molar-refractivity contribution in [2.75, 3.05) is 13.2 Å². The van der Waals surface area contributed by atoms with Crippen molar-refractivity contribution >= 4 is 9.03 Å². The smallest absolute Gasteiger partial charge is 0.152 e. The van der Waals surface area contributed by atoms with Gasteiger partial charge in [-0.25, -0.2) is 0 Å². The van der Waals surface area contributed by atoms with Gasteiger partial charge in [-0.3, -0.25) is 0 Å². The second-order valence-electron chi connectivity index (χ2n) is 2.61. The highest BCUT2D eigenvalue weighted by Gasteiger charge is 2.10. The maximum absolute atomic E-state index is 8.41. The molecule has 0 fully saturated rings. The van der Waals surface area contributed by atoms with Crippen molar-refractivity contribution in [2.45, 2.75) is 32.5 Å². The molecule has 1 unspecified atom stereocenters. The number of hydrogen-bond donors (Lipinski definition) is 2. The fourth-order valence-electron chi connectivity index (χ4n) is 0.718. The quantitative estimate of drug-likeness (QED) is 0.585. The normalized spacial score (nSPS) is 17.0. The van der Waals surface area contributed by atoms with Crippen molar-refractivity contribution in [2.24, 2.45) is 5.73 Å². The van der Waals surface area contributed by atoms with Gasteiger partial charge >= 0.3 is 0 Å². The Morgan fingerprint density at radius 2 is 2.25 bits per heavy atom. The van der Waals surface area contributed by atoms with Gasteiger partial charge in [0.25, 0.3) is 0 Å². The Balaban J connectivity index is 3.51. The molecule has 4 nitrogen and oxygen atoms in total. The average Bonchev–Trinajstić information content (AvgIpc) is 2.11. The van der Waals surface area contributed by atoms with Gasteiger partial charge in [0, 0.05) is 6.54 Å². The highest BCUT2D eigenvalue weighted by Crippen LogP contribution is 2.07. The largest absolute Gasteiger partial charge is 0.372 e. The summed E-state index contributed by atoms with van der Waals surface area (Å²) in [5.41, 5.74) is 5.43. The average molecular weight is 195 g/mol. The van der Waals surface area contributed by atoms with E-state index in [1.165, 1.54) is 0 Å². The van der Waals surface area contributed by atoms with Gasteiger partial charge in [-0.2, -0.15) is 0 Å². The van der Waals surface area contributed by atoms with E-state index in [0.29, 0.717) is 13.2 Å². The van der Waals surface area contributed by atoms with E-state index in [1.807, 2.05) is 13.8 Å². The Labute approximate surface area is 75.4 Å². The standard InChI is InChI=1S/C7H18NO3P/c1-3-6(2)11-7(4-8)5-10-12-9/h6-7,9,12H,3-5,8H2,1-2H3/t6-,7-/m0/s1. The lowest BCUT2D eigenvalue weighted by Gasteiger charge is -2.19. The number of ether oxygens (including phenoxy) is 1. The first-order valence-electron chi connectivity index (χ1n) is 4.11. The summed E-state index contributed by atoms with van der Waals surface area (Å²) in [6.45, 7) is 4.83. The monoisotopic (exact) mass is 195 g/mol. The van der Waals surface area contributed by atoms with Gasteiger partial charge in [-0.15, -0.1) is 0 Å². The second kappa shape index (κ2) is 7.90. The molecule has 0 aromatic carbocycles. The number of nitrogens with two attached hydrogens (primary N) is 1. The lowest BCUT2D eigenvalue weighted by molar-refractivity contribution is -0.0202. The zero-order valence-corrected chi connectivity index (χ0v) is 8.62. The minimum atomic E-state index is -0.485. The Morgan fingerprint density at radius 1 is 1.58 bits per heavy atom. The van der Waals surface area contributed by atoms with Crippen molar-refractivity contribution in [1.82, 2.24) is 0 Å². The van der Waals surface area contributed by atoms with Crippen LogP contribution in [0.4, 0.5) is 0 Å². The molecule has 12 heavy (non-hydrogen) atoms. The highest BCUT2D eigenvalue weighted by atomic mass is 31.1. The van der Waals surface area contributed by atoms with Gasteiger partial charge in [0.15, 0.2) is 9.03 Å². The summed E-state index contributed by atoms with van der Waals surface area (Å²) < 4.78 is 10.3. The van der Waals surface area contributed by atoms with E-state index in [-0.39, 0.29) is 12.2 Å². The lowest BCUT2D eigenvalue weighted by Crippen LogP contribution is -2.31. The minimum Gasteiger partial charge on any atom is -0.372 e.